The third-order valence-electron chi connectivity index (χ3n) is 5.68. The summed E-state index contributed by atoms with van der Waals surface area (Å²) in [5.41, 5.74) is 5.46. The number of hydrogen-bond donors (Lipinski definition) is 1. The number of methoxy groups -OCH3 is 1. The summed E-state index contributed by atoms with van der Waals surface area (Å²) in [6.07, 6.45) is 1.77. The number of ether oxygens (including phenoxy) is 4. The normalized spacial score (nSPS) is 12.8. The Labute approximate surface area is 220 Å². The number of hydrogen-bond acceptors (Lipinski definition) is 9. The second kappa shape index (κ2) is 15.3. The predicted octanol–water partition coefficient (Wildman–Crippen LogP) is 4.37. The van der Waals surface area contributed by atoms with Crippen molar-refractivity contribution in [1.82, 2.24) is 0 Å². The van der Waals surface area contributed by atoms with Gasteiger partial charge < -0.3 is 24.7 Å². The van der Waals surface area contributed by atoms with E-state index in [0.29, 0.717) is 30.2 Å². The van der Waals surface area contributed by atoms with Crippen molar-refractivity contribution in [1.29, 1.82) is 0 Å². The minimum atomic E-state index is -1.50. The van der Waals surface area contributed by atoms with Gasteiger partial charge in [-0.15, -0.1) is 0 Å². The average molecular weight is 522 g/mol. The standard InChI is InChI=1S/C28H43NO8/c1-18(2)8-12-24(30)36-22-11-10-21(16-23(22)37-25(31)13-9-19(3)4)17-28(29,27(33)34-7)14-15-35-26(32)20(5)6/h10-11,16,18-20H,8-9,12-15,17,29H2,1-7H3. The molecule has 0 radical (unpaired) electrons. The van der Waals surface area contributed by atoms with Gasteiger partial charge in [-0.1, -0.05) is 47.6 Å². The second-order valence-electron chi connectivity index (χ2n) is 10.5. The van der Waals surface area contributed by atoms with Crippen LogP contribution >= 0.6 is 0 Å². The van der Waals surface area contributed by atoms with Crippen LogP contribution in [0.2, 0.25) is 0 Å². The maximum absolute atomic E-state index is 12.6. The first-order chi connectivity index (χ1) is 17.3. The van der Waals surface area contributed by atoms with Gasteiger partial charge in [0.05, 0.1) is 19.6 Å². The van der Waals surface area contributed by atoms with E-state index in [1.807, 2.05) is 27.7 Å². The Morgan fingerprint density at radius 1 is 0.865 bits per heavy atom. The number of rotatable bonds is 15. The molecule has 0 aliphatic carbocycles. The number of esters is 4. The first-order valence-electron chi connectivity index (χ1n) is 12.9. The van der Waals surface area contributed by atoms with Crippen molar-refractivity contribution in [3.63, 3.8) is 0 Å². The van der Waals surface area contributed by atoms with Crippen molar-refractivity contribution in [3.8, 4) is 11.5 Å². The zero-order valence-electron chi connectivity index (χ0n) is 23.3. The van der Waals surface area contributed by atoms with E-state index in [2.05, 4.69) is 0 Å². The predicted molar refractivity (Wildman–Crippen MR) is 139 cm³/mol. The van der Waals surface area contributed by atoms with Crippen LogP contribution in [0.5, 0.6) is 11.5 Å². The minimum absolute atomic E-state index is 0.0109. The van der Waals surface area contributed by atoms with E-state index in [0.717, 1.165) is 0 Å². The van der Waals surface area contributed by atoms with Crippen molar-refractivity contribution in [2.45, 2.75) is 85.6 Å². The molecule has 9 nitrogen and oxygen atoms in total. The van der Waals surface area contributed by atoms with E-state index in [4.69, 9.17) is 24.7 Å². The highest BCUT2D eigenvalue weighted by Gasteiger charge is 2.36. The first kappa shape index (κ1) is 32.1. The van der Waals surface area contributed by atoms with E-state index >= 15 is 0 Å². The maximum Gasteiger partial charge on any atom is 0.326 e. The van der Waals surface area contributed by atoms with Gasteiger partial charge in [-0.05, 0) is 42.4 Å². The Morgan fingerprint density at radius 3 is 1.89 bits per heavy atom. The molecule has 1 aromatic rings. The molecule has 0 amide bonds. The molecule has 0 heterocycles. The highest BCUT2D eigenvalue weighted by molar-refractivity contribution is 5.81. The second-order valence-corrected chi connectivity index (χ2v) is 10.5. The number of carbonyl (C=O) groups excluding carboxylic acids is 4. The summed E-state index contributed by atoms with van der Waals surface area (Å²) in [5, 5.41) is 0. The van der Waals surface area contributed by atoms with Crippen LogP contribution in [0.3, 0.4) is 0 Å². The summed E-state index contributed by atoms with van der Waals surface area (Å²) in [7, 11) is 1.23. The molecule has 9 heteroatoms. The Bertz CT molecular complexity index is 925. The molecule has 0 spiro atoms. The van der Waals surface area contributed by atoms with Crippen LogP contribution in [-0.2, 0) is 35.1 Å². The Hall–Kier alpha value is -2.94. The van der Waals surface area contributed by atoms with Crippen molar-refractivity contribution in [2.24, 2.45) is 23.5 Å². The number of carbonyl (C=O) groups is 4. The topological polar surface area (TPSA) is 131 Å². The van der Waals surface area contributed by atoms with Gasteiger partial charge in [0.1, 0.15) is 5.54 Å². The molecule has 0 bridgehead atoms. The van der Waals surface area contributed by atoms with E-state index in [1.165, 1.54) is 19.2 Å². The van der Waals surface area contributed by atoms with Crippen LogP contribution in [0, 0.1) is 17.8 Å². The summed E-state index contributed by atoms with van der Waals surface area (Å²) in [6.45, 7) is 11.4. The summed E-state index contributed by atoms with van der Waals surface area (Å²) in [6, 6.07) is 4.69. The van der Waals surface area contributed by atoms with Gasteiger partial charge in [-0.25, -0.2) is 0 Å². The van der Waals surface area contributed by atoms with Crippen LogP contribution in [-0.4, -0.2) is 43.1 Å². The monoisotopic (exact) mass is 521 g/mol. The SMILES string of the molecule is COC(=O)C(N)(CCOC(=O)C(C)C)Cc1ccc(OC(=O)CCC(C)C)c(OC(=O)CCC(C)C)c1. The average Bonchev–Trinajstić information content (AvgIpc) is 2.82. The van der Waals surface area contributed by atoms with E-state index in [-0.39, 0.29) is 49.7 Å². The van der Waals surface area contributed by atoms with Gasteiger partial charge in [0.15, 0.2) is 11.5 Å². The van der Waals surface area contributed by atoms with Crippen LogP contribution < -0.4 is 15.2 Å². The third kappa shape index (κ3) is 11.8. The van der Waals surface area contributed by atoms with Gasteiger partial charge in [0, 0.05) is 25.7 Å². The lowest BCUT2D eigenvalue weighted by Crippen LogP contribution is -2.51. The molecule has 0 saturated carbocycles. The zero-order valence-corrected chi connectivity index (χ0v) is 23.3. The molecule has 37 heavy (non-hydrogen) atoms. The Balaban J connectivity index is 3.17. The van der Waals surface area contributed by atoms with Gasteiger partial charge in [-0.2, -0.15) is 0 Å². The van der Waals surface area contributed by atoms with E-state index < -0.39 is 29.4 Å². The quantitative estimate of drug-likeness (QED) is 0.264. The molecule has 2 N–H and O–H groups in total. The molecule has 1 aromatic carbocycles. The molecule has 0 fully saturated rings. The van der Waals surface area contributed by atoms with Crippen molar-refractivity contribution < 1.29 is 38.1 Å². The lowest BCUT2D eigenvalue weighted by molar-refractivity contribution is -0.152. The summed E-state index contributed by atoms with van der Waals surface area (Å²) in [4.78, 5) is 49.2. The third-order valence-corrected chi connectivity index (χ3v) is 5.68. The van der Waals surface area contributed by atoms with Gasteiger partial charge >= 0.3 is 23.9 Å². The summed E-state index contributed by atoms with van der Waals surface area (Å²) >= 11 is 0. The number of nitrogens with two attached hydrogens (primary N) is 1. The van der Waals surface area contributed by atoms with Crippen LogP contribution in [0.25, 0.3) is 0 Å². The van der Waals surface area contributed by atoms with Crippen molar-refractivity contribution >= 4 is 23.9 Å². The van der Waals surface area contributed by atoms with Crippen molar-refractivity contribution in [2.75, 3.05) is 13.7 Å². The summed E-state index contributed by atoms with van der Waals surface area (Å²) in [5.74, 6) is -1.44. The smallest absolute Gasteiger partial charge is 0.326 e. The summed E-state index contributed by atoms with van der Waals surface area (Å²) < 4.78 is 21.2. The highest BCUT2D eigenvalue weighted by atomic mass is 16.6. The van der Waals surface area contributed by atoms with Gasteiger partial charge in [-0.3, -0.25) is 19.2 Å². The van der Waals surface area contributed by atoms with Crippen LogP contribution in [0.1, 0.15) is 79.2 Å². The van der Waals surface area contributed by atoms with Crippen LogP contribution in [0.15, 0.2) is 18.2 Å². The highest BCUT2D eigenvalue weighted by Crippen LogP contribution is 2.31. The maximum atomic E-state index is 12.6. The largest absolute Gasteiger partial charge is 0.468 e. The molecule has 1 rings (SSSR count). The fraction of sp³-hybridized carbons (Fsp3) is 0.643. The molecule has 0 saturated heterocycles. The molecule has 1 unspecified atom stereocenters. The molecule has 208 valence electrons. The van der Waals surface area contributed by atoms with Crippen molar-refractivity contribution in [3.05, 3.63) is 23.8 Å². The molecule has 1 atom stereocenters. The number of benzene rings is 1. The van der Waals surface area contributed by atoms with Gasteiger partial charge in [0.25, 0.3) is 0 Å². The zero-order chi connectivity index (χ0) is 28.2. The molecule has 0 aromatic heterocycles. The Morgan fingerprint density at radius 2 is 1.41 bits per heavy atom. The lowest BCUT2D eigenvalue weighted by atomic mass is 9.88. The Kier molecular flexibility index (Phi) is 13.3. The van der Waals surface area contributed by atoms with Gasteiger partial charge in [0.2, 0.25) is 0 Å². The molecular weight excluding hydrogens is 478 g/mol. The molecule has 0 aliphatic heterocycles. The lowest BCUT2D eigenvalue weighted by Gasteiger charge is -2.27. The van der Waals surface area contributed by atoms with E-state index in [1.54, 1.807) is 19.9 Å². The molecule has 0 aliphatic rings. The fourth-order valence-electron chi connectivity index (χ4n) is 3.32. The minimum Gasteiger partial charge on any atom is -0.468 e. The van der Waals surface area contributed by atoms with Crippen LogP contribution in [0.4, 0.5) is 0 Å². The van der Waals surface area contributed by atoms with E-state index in [9.17, 15) is 19.2 Å². The fourth-order valence-corrected chi connectivity index (χ4v) is 3.32. The molecular formula is C28H43NO8. The first-order valence-corrected chi connectivity index (χ1v) is 12.9.